The largest absolute Gasteiger partial charge is 0.479 e. The summed E-state index contributed by atoms with van der Waals surface area (Å²) in [5.41, 5.74) is 1.44. The van der Waals surface area contributed by atoms with E-state index in [1.54, 1.807) is 18.9 Å². The molecule has 2 unspecified atom stereocenters. The van der Waals surface area contributed by atoms with Crippen molar-refractivity contribution in [2.75, 3.05) is 13.4 Å². The van der Waals surface area contributed by atoms with Crippen molar-refractivity contribution in [3.05, 3.63) is 12.2 Å². The van der Waals surface area contributed by atoms with Crippen LogP contribution in [-0.4, -0.2) is 38.1 Å². The smallest absolute Gasteiger partial charge is 0.245 e. The molecule has 2 aromatic rings. The summed E-state index contributed by atoms with van der Waals surface area (Å²) in [5.74, 6) is 1.29. The first kappa shape index (κ1) is 14.4. The molecule has 0 bridgehead atoms. The molecular weight excluding hydrogens is 284 g/mol. The van der Waals surface area contributed by atoms with E-state index in [4.69, 9.17) is 16.3 Å². The van der Waals surface area contributed by atoms with Crippen LogP contribution in [0.5, 0.6) is 5.88 Å². The van der Waals surface area contributed by atoms with E-state index in [2.05, 4.69) is 32.7 Å². The predicted octanol–water partition coefficient (Wildman–Crippen LogP) is 2.89. The lowest BCUT2D eigenvalue weighted by atomic mass is 10.4. The highest BCUT2D eigenvalue weighted by Crippen LogP contribution is 2.28. The fourth-order valence-corrected chi connectivity index (χ4v) is 2.36. The van der Waals surface area contributed by atoms with Crippen LogP contribution in [0, 0.1) is 0 Å². The van der Waals surface area contributed by atoms with Gasteiger partial charge in [0.2, 0.25) is 5.88 Å². The minimum atomic E-state index is -0.187. The number of hydrogen-bond acceptors (Lipinski definition) is 5. The maximum Gasteiger partial charge on any atom is 0.245 e. The quantitative estimate of drug-likeness (QED) is 0.795. The SMILES string of the molecule is COc1ncnc2c1nc(C(C)Cl)n2CC(C)SC. The third-order valence-corrected chi connectivity index (χ3v) is 4.07. The fourth-order valence-electron chi connectivity index (χ4n) is 1.90. The monoisotopic (exact) mass is 300 g/mol. The van der Waals surface area contributed by atoms with Crippen molar-refractivity contribution in [2.45, 2.75) is 31.0 Å². The summed E-state index contributed by atoms with van der Waals surface area (Å²) in [7, 11) is 1.58. The van der Waals surface area contributed by atoms with Crippen LogP contribution in [0.4, 0.5) is 0 Å². The molecule has 5 nitrogen and oxygen atoms in total. The average molecular weight is 301 g/mol. The standard InChI is InChI=1S/C12H17ClN4OS/c1-7(19-4)5-17-10(8(2)13)16-9-11(17)14-6-15-12(9)18-3/h6-8H,5H2,1-4H3. The average Bonchev–Trinajstić information content (AvgIpc) is 2.77. The number of halogens is 1. The van der Waals surface area contributed by atoms with Gasteiger partial charge >= 0.3 is 0 Å². The zero-order valence-electron chi connectivity index (χ0n) is 11.4. The number of ether oxygens (including phenoxy) is 1. The summed E-state index contributed by atoms with van der Waals surface area (Å²) < 4.78 is 7.29. The Hall–Kier alpha value is -1.01. The molecule has 2 rings (SSSR count). The van der Waals surface area contributed by atoms with Gasteiger partial charge in [-0.15, -0.1) is 11.6 Å². The number of methoxy groups -OCH3 is 1. The molecule has 0 radical (unpaired) electrons. The van der Waals surface area contributed by atoms with Crippen LogP contribution in [0.25, 0.3) is 11.2 Å². The summed E-state index contributed by atoms with van der Waals surface area (Å²) >= 11 is 8.02. The molecule has 0 aliphatic rings. The number of fused-ring (bicyclic) bond motifs is 1. The van der Waals surface area contributed by atoms with Gasteiger partial charge in [-0.05, 0) is 13.2 Å². The Morgan fingerprint density at radius 3 is 2.74 bits per heavy atom. The van der Waals surface area contributed by atoms with E-state index in [0.717, 1.165) is 18.0 Å². The third-order valence-electron chi connectivity index (χ3n) is 2.92. The molecule has 0 aliphatic heterocycles. The Labute approximate surface area is 121 Å². The maximum absolute atomic E-state index is 6.22. The van der Waals surface area contributed by atoms with E-state index in [1.807, 2.05) is 6.92 Å². The maximum atomic E-state index is 6.22. The number of nitrogens with zero attached hydrogens (tertiary/aromatic N) is 4. The van der Waals surface area contributed by atoms with Gasteiger partial charge in [0.05, 0.1) is 12.5 Å². The molecule has 0 amide bonds. The highest BCUT2D eigenvalue weighted by Gasteiger charge is 2.20. The Morgan fingerprint density at radius 2 is 2.16 bits per heavy atom. The van der Waals surface area contributed by atoms with Crippen molar-refractivity contribution in [1.82, 2.24) is 19.5 Å². The van der Waals surface area contributed by atoms with Crippen molar-refractivity contribution in [3.8, 4) is 5.88 Å². The molecule has 0 aliphatic carbocycles. The van der Waals surface area contributed by atoms with Crippen LogP contribution < -0.4 is 4.74 Å². The highest BCUT2D eigenvalue weighted by atomic mass is 35.5. The van der Waals surface area contributed by atoms with Crippen molar-refractivity contribution in [2.24, 2.45) is 0 Å². The Kier molecular flexibility index (Phi) is 4.52. The van der Waals surface area contributed by atoms with E-state index in [9.17, 15) is 0 Å². The van der Waals surface area contributed by atoms with Gasteiger partial charge in [0, 0.05) is 11.8 Å². The lowest BCUT2D eigenvalue weighted by molar-refractivity contribution is 0.401. The fraction of sp³-hybridized carbons (Fsp3) is 0.583. The highest BCUT2D eigenvalue weighted by molar-refractivity contribution is 7.99. The number of imidazole rings is 1. The molecular formula is C12H17ClN4OS. The van der Waals surface area contributed by atoms with Crippen LogP contribution in [0.2, 0.25) is 0 Å². The van der Waals surface area contributed by atoms with Gasteiger partial charge in [-0.25, -0.2) is 9.97 Å². The molecule has 2 heterocycles. The van der Waals surface area contributed by atoms with E-state index in [1.165, 1.54) is 6.33 Å². The lowest BCUT2D eigenvalue weighted by Gasteiger charge is -2.13. The second kappa shape index (κ2) is 5.96. The molecule has 0 aromatic carbocycles. The molecule has 104 valence electrons. The van der Waals surface area contributed by atoms with Gasteiger partial charge in [0.15, 0.2) is 11.2 Å². The minimum Gasteiger partial charge on any atom is -0.479 e. The Balaban J connectivity index is 2.60. The van der Waals surface area contributed by atoms with E-state index in [0.29, 0.717) is 16.6 Å². The Morgan fingerprint density at radius 1 is 1.42 bits per heavy atom. The summed E-state index contributed by atoms with van der Waals surface area (Å²) in [6.45, 7) is 4.88. The van der Waals surface area contributed by atoms with Crippen LogP contribution in [0.1, 0.15) is 25.0 Å². The minimum absolute atomic E-state index is 0.187. The van der Waals surface area contributed by atoms with Crippen molar-refractivity contribution in [3.63, 3.8) is 0 Å². The first-order valence-corrected chi connectivity index (χ1v) is 7.72. The first-order valence-electron chi connectivity index (χ1n) is 6.00. The van der Waals surface area contributed by atoms with Gasteiger partial charge in [0.25, 0.3) is 0 Å². The number of aromatic nitrogens is 4. The summed E-state index contributed by atoms with van der Waals surface area (Å²) in [4.78, 5) is 12.9. The van der Waals surface area contributed by atoms with Crippen molar-refractivity contribution >= 4 is 34.5 Å². The van der Waals surface area contributed by atoms with E-state index in [-0.39, 0.29) is 5.38 Å². The third kappa shape index (κ3) is 2.79. The van der Waals surface area contributed by atoms with Crippen LogP contribution in [0.15, 0.2) is 6.33 Å². The number of thioether (sulfide) groups is 1. The zero-order valence-corrected chi connectivity index (χ0v) is 13.0. The summed E-state index contributed by atoms with van der Waals surface area (Å²) in [6.07, 6.45) is 3.58. The summed E-state index contributed by atoms with van der Waals surface area (Å²) in [6, 6.07) is 0. The molecule has 0 saturated heterocycles. The predicted molar refractivity (Wildman–Crippen MR) is 79.1 cm³/mol. The number of alkyl halides is 1. The number of hydrogen-bond donors (Lipinski definition) is 0. The topological polar surface area (TPSA) is 52.8 Å². The second-order valence-corrected chi connectivity index (χ2v) is 6.23. The van der Waals surface area contributed by atoms with Crippen LogP contribution >= 0.6 is 23.4 Å². The van der Waals surface area contributed by atoms with Gasteiger partial charge in [-0.3, -0.25) is 0 Å². The van der Waals surface area contributed by atoms with E-state index < -0.39 is 0 Å². The molecule has 0 fully saturated rings. The van der Waals surface area contributed by atoms with Gasteiger partial charge in [-0.1, -0.05) is 6.92 Å². The van der Waals surface area contributed by atoms with Crippen molar-refractivity contribution < 1.29 is 4.74 Å². The van der Waals surface area contributed by atoms with Crippen molar-refractivity contribution in [1.29, 1.82) is 0 Å². The molecule has 2 atom stereocenters. The number of rotatable bonds is 5. The van der Waals surface area contributed by atoms with E-state index >= 15 is 0 Å². The van der Waals surface area contributed by atoms with Gasteiger partial charge in [-0.2, -0.15) is 16.7 Å². The summed E-state index contributed by atoms with van der Waals surface area (Å²) in [5, 5.41) is 0.264. The molecule has 7 heteroatoms. The Bertz CT molecular complexity index is 572. The second-order valence-electron chi connectivity index (χ2n) is 4.30. The molecule has 0 N–H and O–H groups in total. The molecule has 0 spiro atoms. The lowest BCUT2D eigenvalue weighted by Crippen LogP contribution is -2.13. The normalized spacial score (nSPS) is 14.6. The molecule has 0 saturated carbocycles. The molecule has 2 aromatic heterocycles. The first-order chi connectivity index (χ1) is 9.08. The van der Waals surface area contributed by atoms with Gasteiger partial charge in [0.1, 0.15) is 12.2 Å². The van der Waals surface area contributed by atoms with Crippen LogP contribution in [0.3, 0.4) is 0 Å². The molecule has 19 heavy (non-hydrogen) atoms. The van der Waals surface area contributed by atoms with Gasteiger partial charge < -0.3 is 9.30 Å². The van der Waals surface area contributed by atoms with Crippen LogP contribution in [-0.2, 0) is 6.54 Å². The zero-order chi connectivity index (χ0) is 14.0.